The number of carbonyl (C=O) groups excluding carboxylic acids is 2. The highest BCUT2D eigenvalue weighted by molar-refractivity contribution is 5.96. The van der Waals surface area contributed by atoms with Crippen LogP contribution in [-0.4, -0.2) is 32.0 Å². The lowest BCUT2D eigenvalue weighted by Crippen LogP contribution is -2.26. The summed E-state index contributed by atoms with van der Waals surface area (Å²) < 4.78 is 13.4. The predicted molar refractivity (Wildman–Crippen MR) is 71.6 cm³/mol. The van der Waals surface area contributed by atoms with E-state index in [1.807, 2.05) is 7.05 Å². The van der Waals surface area contributed by atoms with Crippen molar-refractivity contribution in [1.82, 2.24) is 10.6 Å². The van der Waals surface area contributed by atoms with Crippen molar-refractivity contribution in [2.45, 2.75) is 13.3 Å². The van der Waals surface area contributed by atoms with Crippen LogP contribution in [0.5, 0.6) is 0 Å². The molecule has 1 rings (SSSR count). The van der Waals surface area contributed by atoms with Crippen LogP contribution < -0.4 is 16.0 Å². The fourth-order valence-electron chi connectivity index (χ4n) is 1.52. The van der Waals surface area contributed by atoms with Crippen LogP contribution in [0.15, 0.2) is 18.2 Å². The minimum Gasteiger partial charge on any atom is -0.352 e. The van der Waals surface area contributed by atoms with Gasteiger partial charge in [0.25, 0.3) is 5.91 Å². The highest BCUT2D eigenvalue weighted by Crippen LogP contribution is 2.16. The lowest BCUT2D eigenvalue weighted by Gasteiger charge is -2.08. The summed E-state index contributed by atoms with van der Waals surface area (Å²) in [7, 11) is 1.83. The topological polar surface area (TPSA) is 70.2 Å². The summed E-state index contributed by atoms with van der Waals surface area (Å²) in [4.78, 5) is 22.7. The lowest BCUT2D eigenvalue weighted by molar-refractivity contribution is -0.114. The normalized spacial score (nSPS) is 10.1. The molecule has 0 spiro atoms. The number of amides is 2. The zero-order valence-electron chi connectivity index (χ0n) is 11.0. The third-order valence-corrected chi connectivity index (χ3v) is 2.43. The molecule has 0 bridgehead atoms. The van der Waals surface area contributed by atoms with Gasteiger partial charge in [-0.1, -0.05) is 0 Å². The number of nitrogens with one attached hydrogen (secondary N) is 3. The number of benzene rings is 1. The van der Waals surface area contributed by atoms with Crippen molar-refractivity contribution in [3.05, 3.63) is 29.6 Å². The zero-order valence-corrected chi connectivity index (χ0v) is 11.0. The van der Waals surface area contributed by atoms with Gasteiger partial charge in [-0.25, -0.2) is 4.39 Å². The Kier molecular flexibility index (Phi) is 5.95. The third-order valence-electron chi connectivity index (χ3n) is 2.43. The Hall–Kier alpha value is -1.95. The molecule has 0 fully saturated rings. The van der Waals surface area contributed by atoms with Crippen molar-refractivity contribution in [2.24, 2.45) is 0 Å². The molecule has 1 aromatic carbocycles. The van der Waals surface area contributed by atoms with Crippen LogP contribution >= 0.6 is 0 Å². The molecule has 0 aliphatic rings. The van der Waals surface area contributed by atoms with Gasteiger partial charge >= 0.3 is 0 Å². The van der Waals surface area contributed by atoms with Crippen molar-refractivity contribution in [2.75, 3.05) is 25.5 Å². The van der Waals surface area contributed by atoms with Crippen LogP contribution in [0.3, 0.4) is 0 Å². The molecular formula is C13H18FN3O2. The molecule has 0 aliphatic heterocycles. The molecule has 0 heterocycles. The number of hydrogen-bond acceptors (Lipinski definition) is 3. The van der Waals surface area contributed by atoms with Crippen LogP contribution in [-0.2, 0) is 4.79 Å². The van der Waals surface area contributed by atoms with E-state index in [9.17, 15) is 14.0 Å². The van der Waals surface area contributed by atoms with Gasteiger partial charge in [-0.2, -0.15) is 0 Å². The van der Waals surface area contributed by atoms with E-state index >= 15 is 0 Å². The first kappa shape index (κ1) is 15.1. The van der Waals surface area contributed by atoms with Crippen molar-refractivity contribution >= 4 is 17.5 Å². The quantitative estimate of drug-likeness (QED) is 0.677. The predicted octanol–water partition coefficient (Wildman–Crippen LogP) is 1.12. The highest BCUT2D eigenvalue weighted by atomic mass is 19.1. The molecule has 0 radical (unpaired) electrons. The van der Waals surface area contributed by atoms with Gasteiger partial charge in [-0.05, 0) is 38.2 Å². The molecule has 0 aliphatic carbocycles. The lowest BCUT2D eigenvalue weighted by atomic mass is 10.1. The van der Waals surface area contributed by atoms with Crippen molar-refractivity contribution in [3.63, 3.8) is 0 Å². The molecule has 0 atom stereocenters. The average molecular weight is 267 g/mol. The molecular weight excluding hydrogens is 249 g/mol. The van der Waals surface area contributed by atoms with Gasteiger partial charge in [0.1, 0.15) is 5.82 Å². The minimum absolute atomic E-state index is 0.00961. The second kappa shape index (κ2) is 7.48. The number of hydrogen-bond donors (Lipinski definition) is 3. The van der Waals surface area contributed by atoms with Gasteiger partial charge in [-0.15, -0.1) is 0 Å². The summed E-state index contributed by atoms with van der Waals surface area (Å²) in [6.07, 6.45) is 0.808. The standard InChI is InChI=1S/C13H18FN3O2/c1-9(18)17-12-8-10(4-5-11(12)14)13(19)16-7-3-6-15-2/h4-5,8,15H,3,6-7H2,1-2H3,(H,16,19)(H,17,18). The summed E-state index contributed by atoms with van der Waals surface area (Å²) in [5, 5.41) is 8.03. The van der Waals surface area contributed by atoms with Crippen LogP contribution in [0.2, 0.25) is 0 Å². The molecule has 0 aromatic heterocycles. The fraction of sp³-hybridized carbons (Fsp3) is 0.385. The molecule has 2 amide bonds. The van der Waals surface area contributed by atoms with Crippen molar-refractivity contribution in [3.8, 4) is 0 Å². The summed E-state index contributed by atoms with van der Waals surface area (Å²) in [5.41, 5.74) is 0.324. The Morgan fingerprint density at radius 3 is 2.63 bits per heavy atom. The Labute approximate surface area is 111 Å². The Morgan fingerprint density at radius 1 is 1.26 bits per heavy atom. The van der Waals surface area contributed by atoms with E-state index in [0.717, 1.165) is 19.0 Å². The van der Waals surface area contributed by atoms with Gasteiger partial charge in [-0.3, -0.25) is 9.59 Å². The van der Waals surface area contributed by atoms with Gasteiger partial charge in [0.15, 0.2) is 0 Å². The van der Waals surface area contributed by atoms with Crippen LogP contribution in [0.4, 0.5) is 10.1 Å². The molecule has 104 valence electrons. The van der Waals surface area contributed by atoms with Crippen LogP contribution in [0.1, 0.15) is 23.7 Å². The van der Waals surface area contributed by atoms with Crippen LogP contribution in [0, 0.1) is 5.82 Å². The number of carbonyl (C=O) groups is 2. The molecule has 5 nitrogen and oxygen atoms in total. The van der Waals surface area contributed by atoms with Crippen molar-refractivity contribution in [1.29, 1.82) is 0 Å². The Morgan fingerprint density at radius 2 is 2.00 bits per heavy atom. The maximum absolute atomic E-state index is 13.4. The summed E-state index contributed by atoms with van der Waals surface area (Å²) in [6.45, 7) is 2.62. The van der Waals surface area contributed by atoms with E-state index in [1.54, 1.807) is 0 Å². The fourth-order valence-corrected chi connectivity index (χ4v) is 1.52. The second-order valence-electron chi connectivity index (χ2n) is 4.09. The van der Waals surface area contributed by atoms with E-state index in [4.69, 9.17) is 0 Å². The molecule has 1 aromatic rings. The van der Waals surface area contributed by atoms with Crippen LogP contribution in [0.25, 0.3) is 0 Å². The summed E-state index contributed by atoms with van der Waals surface area (Å²) in [5.74, 6) is -1.24. The van der Waals surface area contributed by atoms with Gasteiger partial charge in [0, 0.05) is 19.0 Å². The Balaban J connectivity index is 2.67. The third kappa shape index (κ3) is 5.05. The highest BCUT2D eigenvalue weighted by Gasteiger charge is 2.10. The molecule has 19 heavy (non-hydrogen) atoms. The maximum Gasteiger partial charge on any atom is 0.251 e. The Bertz CT molecular complexity index is 463. The number of halogens is 1. The largest absolute Gasteiger partial charge is 0.352 e. The summed E-state index contributed by atoms with van der Waals surface area (Å²) >= 11 is 0. The van der Waals surface area contributed by atoms with Crippen molar-refractivity contribution < 1.29 is 14.0 Å². The molecule has 0 saturated heterocycles. The maximum atomic E-state index is 13.4. The monoisotopic (exact) mass is 267 g/mol. The van der Waals surface area contributed by atoms with Gasteiger partial charge < -0.3 is 16.0 Å². The smallest absolute Gasteiger partial charge is 0.251 e. The average Bonchev–Trinajstić information content (AvgIpc) is 2.36. The first-order valence-corrected chi connectivity index (χ1v) is 6.04. The first-order valence-electron chi connectivity index (χ1n) is 6.04. The zero-order chi connectivity index (χ0) is 14.3. The number of anilines is 1. The van der Waals surface area contributed by atoms with E-state index in [2.05, 4.69) is 16.0 Å². The molecule has 3 N–H and O–H groups in total. The molecule has 0 saturated carbocycles. The van der Waals surface area contributed by atoms with E-state index in [1.165, 1.54) is 19.1 Å². The number of rotatable bonds is 6. The van der Waals surface area contributed by atoms with Gasteiger partial charge in [0.05, 0.1) is 5.69 Å². The molecule has 0 unspecified atom stereocenters. The summed E-state index contributed by atoms with van der Waals surface area (Å²) in [6, 6.07) is 3.87. The van der Waals surface area contributed by atoms with E-state index in [0.29, 0.717) is 12.1 Å². The second-order valence-corrected chi connectivity index (χ2v) is 4.09. The minimum atomic E-state index is -0.568. The van der Waals surface area contributed by atoms with Gasteiger partial charge in [0.2, 0.25) is 5.91 Å². The first-order chi connectivity index (χ1) is 9.04. The van der Waals surface area contributed by atoms with E-state index < -0.39 is 5.82 Å². The SMILES string of the molecule is CNCCCNC(=O)c1ccc(F)c(NC(C)=O)c1. The molecule has 6 heteroatoms. The van der Waals surface area contributed by atoms with E-state index in [-0.39, 0.29) is 17.5 Å².